The topological polar surface area (TPSA) is 36.4 Å². The Kier molecular flexibility index (Phi) is 26.6. The van der Waals surface area contributed by atoms with Crippen LogP contribution in [0.1, 0.15) is 24.1 Å². The van der Waals surface area contributed by atoms with Crippen LogP contribution in [0.2, 0.25) is 0 Å². The van der Waals surface area contributed by atoms with Crippen LogP contribution in [-0.2, 0) is 6.42 Å². The molecule has 0 amide bonds. The first-order valence-electron chi connectivity index (χ1n) is 50.7. The first-order chi connectivity index (χ1) is 72.7. The van der Waals surface area contributed by atoms with Crippen LogP contribution in [0.15, 0.2) is 575 Å². The summed E-state index contributed by atoms with van der Waals surface area (Å²) in [6, 6.07) is 204. The molecule has 28 rings (SSSR count). The first-order valence-corrected chi connectivity index (χ1v) is 51.5. The zero-order valence-electron chi connectivity index (χ0n) is 82.0. The lowest BCUT2D eigenvalue weighted by Gasteiger charge is -2.12. The third-order valence-electron chi connectivity index (χ3n) is 30.0. The second-order valence-electron chi connectivity index (χ2n) is 38.5. The minimum Gasteiger partial charge on any atom is -0.412 e. The summed E-state index contributed by atoms with van der Waals surface area (Å²) in [7, 11) is 0. The van der Waals surface area contributed by atoms with Gasteiger partial charge in [0.25, 0.3) is 0 Å². The maximum Gasteiger partial charge on any atom is 0.0535 e. The summed E-state index contributed by atoms with van der Waals surface area (Å²) in [4.78, 5) is 0. The molecule has 0 fully saturated rings. The Hall–Kier alpha value is -18.1. The van der Waals surface area contributed by atoms with Gasteiger partial charge in [-0.05, 0) is 309 Å². The average molecular weight is 2000 g/mol. The number of rotatable bonds is 15. The van der Waals surface area contributed by atoms with E-state index in [9.17, 15) is 0 Å². The molecule has 1 aromatic heterocycles. The summed E-state index contributed by atoms with van der Waals surface area (Å²) in [6.45, 7) is 0. The Bertz CT molecular complexity index is 9710. The van der Waals surface area contributed by atoms with Gasteiger partial charge in [0.05, 0.1) is 5.52 Å². The molecule has 2 N–H and O–H groups in total. The van der Waals surface area contributed by atoms with E-state index in [4.69, 9.17) is 0 Å². The van der Waals surface area contributed by atoms with Crippen molar-refractivity contribution < 1.29 is 5.48 Å². The number of fused-ring (bicyclic) bond motifs is 12. The van der Waals surface area contributed by atoms with Gasteiger partial charge in [-0.25, -0.2) is 0 Å². The largest absolute Gasteiger partial charge is 0.412 e. The number of nitrogens with zero attached hydrogens (tertiary/aromatic N) is 1. The van der Waals surface area contributed by atoms with Gasteiger partial charge in [-0.15, -0.1) is 0 Å². The van der Waals surface area contributed by atoms with Gasteiger partial charge in [0, 0.05) is 27.3 Å². The number of halogens is 1. The van der Waals surface area contributed by atoms with Gasteiger partial charge in [-0.3, -0.25) is 0 Å². The number of aromatic nitrogens is 1. The van der Waals surface area contributed by atoms with Crippen molar-refractivity contribution in [2.75, 3.05) is 0 Å². The van der Waals surface area contributed by atoms with Gasteiger partial charge >= 0.3 is 0 Å². The molecule has 1 heterocycles. The third-order valence-corrected chi connectivity index (χ3v) is 30.5. The van der Waals surface area contributed by atoms with E-state index in [1.807, 2.05) is 0 Å². The van der Waals surface area contributed by atoms with Crippen molar-refractivity contribution in [3.63, 3.8) is 0 Å². The Balaban J connectivity index is 0.000000139. The predicted molar refractivity (Wildman–Crippen MR) is 653 cm³/mol. The van der Waals surface area contributed by atoms with Crippen LogP contribution < -0.4 is 0 Å². The van der Waals surface area contributed by atoms with Crippen LogP contribution in [0.5, 0.6) is 0 Å². The summed E-state index contributed by atoms with van der Waals surface area (Å²) in [5.74, 6) is 0. The first kappa shape index (κ1) is 95.5. The molecule has 0 bridgehead atoms. The summed E-state index contributed by atoms with van der Waals surface area (Å²) in [5.41, 5.74) is 39.5. The molecule has 712 valence electrons. The molecular weight excluding hydrogens is 1890 g/mol. The van der Waals surface area contributed by atoms with E-state index >= 15 is 0 Å². The highest BCUT2D eigenvalue weighted by molar-refractivity contribution is 9.10. The van der Waals surface area contributed by atoms with Crippen molar-refractivity contribution in [3.05, 3.63) is 592 Å². The number of hydrogen-bond acceptors (Lipinski definition) is 0. The highest BCUT2D eigenvalue weighted by Gasteiger charge is 2.22. The van der Waals surface area contributed by atoms with Crippen LogP contribution in [-0.4, -0.2) is 10.0 Å². The number of benzene rings is 26. The Labute approximate surface area is 887 Å². The molecule has 4 heteroatoms. The van der Waals surface area contributed by atoms with Crippen molar-refractivity contribution in [1.82, 2.24) is 4.57 Å². The van der Waals surface area contributed by atoms with Crippen LogP contribution >= 0.6 is 25.8 Å². The van der Waals surface area contributed by atoms with E-state index in [2.05, 4.69) is 591 Å². The fourth-order valence-electron chi connectivity index (χ4n) is 22.3. The Morgan fingerprint density at radius 1 is 0.167 bits per heavy atom. The molecule has 1 atom stereocenters. The van der Waals surface area contributed by atoms with Gasteiger partial charge in [0.15, 0.2) is 0 Å². The van der Waals surface area contributed by atoms with E-state index in [0.717, 1.165) is 16.6 Å². The van der Waals surface area contributed by atoms with E-state index in [0.29, 0.717) is 0 Å². The lowest BCUT2D eigenvalue weighted by Crippen LogP contribution is -1.92. The molecule has 0 radical (unpaired) electrons. The van der Waals surface area contributed by atoms with Gasteiger partial charge in [0.1, 0.15) is 0 Å². The molecule has 0 aliphatic heterocycles. The number of allylic oxidation sites excluding steroid dienone is 1. The van der Waals surface area contributed by atoms with E-state index in [1.54, 1.807) is 0 Å². The Morgan fingerprint density at radius 3 is 0.767 bits per heavy atom. The molecule has 26 aromatic carbocycles. The van der Waals surface area contributed by atoms with Crippen molar-refractivity contribution >= 4 is 128 Å². The number of hydrogen-bond donors (Lipinski definition) is 0. The van der Waals surface area contributed by atoms with Gasteiger partial charge in [0.2, 0.25) is 0 Å². The molecule has 0 spiro atoms. The van der Waals surface area contributed by atoms with Crippen LogP contribution in [0.3, 0.4) is 0 Å². The summed E-state index contributed by atoms with van der Waals surface area (Å²) >= 11 is 3.51. The SMILES string of the molecule is Brc1ccc(-c2cc3ccccc3c3ccccc23)cc1.C.C1=C(c2ccc(-c3ccc(-c4cccc5ccccc45)cc3)cc2)c2cc(-c3ccc(-c4ccc(-c5cccc6ccccc56)cc4)cc3)ccc2C1.O.P.c1ccc2c(-c3ccc(-c4ccc(-c5ccc6c(c5)c(-c5ccc(-c7ccc(-c8cccc9ccccc89)cc7)cc5)cn6-c5ccc(-c6cc7ccccc7c7ccccc67)cc5)cc4)cc3)cccc2c1. The lowest BCUT2D eigenvalue weighted by atomic mass is 9.92. The average Bonchev–Trinajstić information content (AvgIpc) is 1.54. The maximum absolute atomic E-state index is 3.51. The van der Waals surface area contributed by atoms with E-state index < -0.39 is 0 Å². The molecule has 27 aromatic rings. The highest BCUT2D eigenvalue weighted by atomic mass is 79.9. The van der Waals surface area contributed by atoms with Crippen molar-refractivity contribution in [2.24, 2.45) is 0 Å². The lowest BCUT2D eigenvalue weighted by molar-refractivity contribution is 0.824. The second-order valence-corrected chi connectivity index (χ2v) is 39.4. The monoisotopic (exact) mass is 2000 g/mol. The summed E-state index contributed by atoms with van der Waals surface area (Å²) in [6.07, 6.45) is 5.68. The zero-order chi connectivity index (χ0) is 97.6. The molecule has 1 aliphatic carbocycles. The van der Waals surface area contributed by atoms with Crippen molar-refractivity contribution in [2.45, 2.75) is 13.8 Å². The minimum absolute atomic E-state index is 0. The van der Waals surface area contributed by atoms with E-state index in [-0.39, 0.29) is 22.8 Å². The molecule has 150 heavy (non-hydrogen) atoms. The zero-order valence-corrected chi connectivity index (χ0v) is 85.0. The fourth-order valence-corrected chi connectivity index (χ4v) is 22.6. The molecule has 0 saturated carbocycles. The molecule has 1 unspecified atom stereocenters. The van der Waals surface area contributed by atoms with Crippen molar-refractivity contribution in [1.29, 1.82) is 0 Å². The summed E-state index contributed by atoms with van der Waals surface area (Å²) < 4.78 is 3.47. The predicted octanol–water partition coefficient (Wildman–Crippen LogP) is 40.5. The smallest absolute Gasteiger partial charge is 0.0535 e. The van der Waals surface area contributed by atoms with E-state index in [1.165, 1.54) is 264 Å². The van der Waals surface area contributed by atoms with Gasteiger partial charge in [-0.2, -0.15) is 9.90 Å². The maximum atomic E-state index is 3.51. The standard InChI is InChI=1S/C72H47N.C53H36.C20H13Br.CH4.H2O.H3P/c1-4-16-62-53(11-1)14-9-21-64(62)55-33-27-49(28-34-55)48-23-25-52(26-24-48)59-41-44-72-70(45-59)71(58-37-31-51(32-38-58)50-29-35-56(36-30-50)65-22-10-15-54-12-2-5-17-63(54)65)47-73(72)61-42-39-57(40-43-61)69-46-60-13-3-6-18-66(60)67-19-7-8-20-68(67)69;1-3-11-48-41(7-1)9-5-13-50(48)43-25-19-37(20-26-43)36-15-17-40(18-16-36)47-32-31-46-33-34-52(53(46)35-47)45-29-23-39(24-30-45)38-21-27-44(28-22-38)51-14-6-10-42-8-2-4-12-49(42)51;21-16-11-9-14(10-12-16)20-13-15-5-1-2-6-17(15)18-7-3-4-8-19(18)20;;;/h1-47H;1-32,34-35H,33H2;1-13H;1H4;1H2;1H3. The van der Waals surface area contributed by atoms with Gasteiger partial charge < -0.3 is 10.0 Å². The quantitative estimate of drug-likeness (QED) is 0.0725. The minimum atomic E-state index is 0. The fraction of sp³-hybridized carbons (Fsp3) is 0.0137. The molecule has 0 saturated heterocycles. The molecular formula is C146H105BrNOP. The van der Waals surface area contributed by atoms with Crippen LogP contribution in [0.4, 0.5) is 0 Å². The Morgan fingerprint density at radius 2 is 0.413 bits per heavy atom. The normalized spacial score (nSPS) is 11.5. The van der Waals surface area contributed by atoms with Crippen molar-refractivity contribution in [3.8, 4) is 150 Å². The van der Waals surface area contributed by atoms with Crippen LogP contribution in [0, 0.1) is 0 Å². The second kappa shape index (κ2) is 41.8. The third kappa shape index (κ3) is 18.6. The molecule has 2 nitrogen and oxygen atoms in total. The highest BCUT2D eigenvalue weighted by Crippen LogP contribution is 2.46. The molecule has 1 aliphatic rings. The van der Waals surface area contributed by atoms with Gasteiger partial charge in [-0.1, -0.05) is 533 Å². The summed E-state index contributed by atoms with van der Waals surface area (Å²) in [5, 5.41) is 21.7. The van der Waals surface area contributed by atoms with Crippen LogP contribution in [0.25, 0.3) is 253 Å².